The third-order valence-electron chi connectivity index (χ3n) is 7.35. The average molecular weight is 491 g/mol. The van der Waals surface area contributed by atoms with Crippen LogP contribution in [-0.4, -0.2) is 51.6 Å². The van der Waals surface area contributed by atoms with E-state index in [0.717, 1.165) is 34.2 Å². The molecule has 0 aromatic heterocycles. The molecule has 1 spiro atoms. The van der Waals surface area contributed by atoms with E-state index in [9.17, 15) is 16.8 Å². The Morgan fingerprint density at radius 1 is 0.667 bits per heavy atom. The largest absolute Gasteiger partial charge is 0.243 e. The minimum atomic E-state index is -3.59. The minimum absolute atomic E-state index is 0.159. The van der Waals surface area contributed by atoms with Gasteiger partial charge in [0.25, 0.3) is 0 Å². The zero-order valence-electron chi connectivity index (χ0n) is 20.2. The average Bonchev–Trinajstić information content (AvgIpc) is 3.13. The maximum absolute atomic E-state index is 13.5. The van der Waals surface area contributed by atoms with Crippen molar-refractivity contribution in [3.05, 3.63) is 58.1 Å². The van der Waals surface area contributed by atoms with E-state index >= 15 is 0 Å². The van der Waals surface area contributed by atoms with Crippen molar-refractivity contribution in [1.82, 2.24) is 8.61 Å². The van der Waals surface area contributed by atoms with Crippen LogP contribution < -0.4 is 0 Å². The Labute approximate surface area is 198 Å². The highest BCUT2D eigenvalue weighted by Gasteiger charge is 2.46. The Hall–Kier alpha value is -1.74. The second-order valence-corrected chi connectivity index (χ2v) is 13.8. The van der Waals surface area contributed by atoms with Gasteiger partial charge in [-0.1, -0.05) is 29.8 Å². The lowest BCUT2D eigenvalue weighted by Crippen LogP contribution is -2.44. The van der Waals surface area contributed by atoms with Gasteiger partial charge in [-0.15, -0.1) is 0 Å². The van der Waals surface area contributed by atoms with Crippen LogP contribution in [0.1, 0.15) is 47.1 Å². The standard InChI is InChI=1S/C25H34N2O4S2/c1-18-6-7-20(3)23(16-18)32(28,29)26-11-8-25(9-12-26)10-13-27(17-25)33(30,31)24-21(4)14-19(2)15-22(24)5/h6-7,14-16H,8-13,17H2,1-5H3. The van der Waals surface area contributed by atoms with Crippen LogP contribution in [0, 0.1) is 40.0 Å². The molecule has 2 heterocycles. The molecule has 2 aromatic carbocycles. The van der Waals surface area contributed by atoms with Crippen molar-refractivity contribution in [3.63, 3.8) is 0 Å². The first kappa shape index (κ1) is 24.4. The highest BCUT2D eigenvalue weighted by Crippen LogP contribution is 2.43. The highest BCUT2D eigenvalue weighted by atomic mass is 32.2. The molecule has 33 heavy (non-hydrogen) atoms. The molecule has 6 nitrogen and oxygen atoms in total. The van der Waals surface area contributed by atoms with Gasteiger partial charge in [-0.3, -0.25) is 0 Å². The molecule has 0 radical (unpaired) electrons. The van der Waals surface area contributed by atoms with E-state index in [4.69, 9.17) is 0 Å². The van der Waals surface area contributed by atoms with Gasteiger partial charge in [0.2, 0.25) is 20.0 Å². The molecule has 0 N–H and O–H groups in total. The van der Waals surface area contributed by atoms with Crippen LogP contribution in [0.2, 0.25) is 0 Å². The Morgan fingerprint density at radius 3 is 1.79 bits per heavy atom. The van der Waals surface area contributed by atoms with E-state index < -0.39 is 20.0 Å². The zero-order valence-corrected chi connectivity index (χ0v) is 21.8. The molecular formula is C25H34N2O4S2. The Kier molecular flexibility index (Phi) is 6.27. The highest BCUT2D eigenvalue weighted by molar-refractivity contribution is 7.89. The Bertz CT molecular complexity index is 1270. The van der Waals surface area contributed by atoms with Crippen molar-refractivity contribution in [3.8, 4) is 0 Å². The van der Waals surface area contributed by atoms with Crippen LogP contribution in [0.25, 0.3) is 0 Å². The molecule has 2 saturated heterocycles. The summed E-state index contributed by atoms with van der Waals surface area (Å²) in [6.45, 7) is 11.2. The molecule has 0 atom stereocenters. The van der Waals surface area contributed by atoms with Gasteiger partial charge in [0.1, 0.15) is 0 Å². The normalized spacial score (nSPS) is 19.9. The van der Waals surface area contributed by atoms with Crippen LogP contribution in [0.3, 0.4) is 0 Å². The molecule has 8 heteroatoms. The van der Waals surface area contributed by atoms with Gasteiger partial charge in [0, 0.05) is 26.2 Å². The third-order valence-corrected chi connectivity index (χ3v) is 11.5. The van der Waals surface area contributed by atoms with Crippen LogP contribution in [0.4, 0.5) is 0 Å². The number of sulfonamides is 2. The van der Waals surface area contributed by atoms with E-state index in [-0.39, 0.29) is 5.41 Å². The summed E-state index contributed by atoms with van der Waals surface area (Å²) in [5.41, 5.74) is 4.13. The first-order valence-corrected chi connectivity index (χ1v) is 14.4. The fourth-order valence-electron chi connectivity index (χ4n) is 5.54. The second kappa shape index (κ2) is 8.48. The van der Waals surface area contributed by atoms with E-state index in [1.54, 1.807) is 14.7 Å². The van der Waals surface area contributed by atoms with Crippen molar-refractivity contribution in [2.75, 3.05) is 26.2 Å². The summed E-state index contributed by atoms with van der Waals surface area (Å²) in [5.74, 6) is 0. The van der Waals surface area contributed by atoms with Crippen molar-refractivity contribution in [2.24, 2.45) is 5.41 Å². The summed E-state index contributed by atoms with van der Waals surface area (Å²) < 4.78 is 56.8. The molecule has 2 aliphatic rings. The molecule has 0 amide bonds. The molecule has 0 saturated carbocycles. The van der Waals surface area contributed by atoms with E-state index in [1.165, 1.54) is 0 Å². The monoisotopic (exact) mass is 490 g/mol. The van der Waals surface area contributed by atoms with E-state index in [0.29, 0.717) is 48.8 Å². The van der Waals surface area contributed by atoms with Crippen LogP contribution in [0.5, 0.6) is 0 Å². The van der Waals surface area contributed by atoms with Crippen molar-refractivity contribution < 1.29 is 16.8 Å². The molecule has 180 valence electrons. The lowest BCUT2D eigenvalue weighted by atomic mass is 9.78. The summed E-state index contributed by atoms with van der Waals surface area (Å²) in [6, 6.07) is 9.35. The topological polar surface area (TPSA) is 74.8 Å². The lowest BCUT2D eigenvalue weighted by Gasteiger charge is -2.38. The molecule has 0 unspecified atom stereocenters. The fraction of sp³-hybridized carbons (Fsp3) is 0.520. The van der Waals surface area contributed by atoms with Gasteiger partial charge in [-0.2, -0.15) is 8.61 Å². The van der Waals surface area contributed by atoms with Gasteiger partial charge in [-0.25, -0.2) is 16.8 Å². The second-order valence-electron chi connectivity index (χ2n) is 9.99. The van der Waals surface area contributed by atoms with E-state index in [1.807, 2.05) is 58.9 Å². The third kappa shape index (κ3) is 4.38. The number of hydrogen-bond donors (Lipinski definition) is 0. The molecule has 2 fully saturated rings. The van der Waals surface area contributed by atoms with Gasteiger partial charge in [-0.05, 0) is 87.6 Å². The quantitative estimate of drug-likeness (QED) is 0.647. The van der Waals surface area contributed by atoms with Gasteiger partial charge in [0.05, 0.1) is 9.79 Å². The molecule has 4 rings (SSSR count). The van der Waals surface area contributed by atoms with Gasteiger partial charge < -0.3 is 0 Å². The molecule has 2 aliphatic heterocycles. The van der Waals surface area contributed by atoms with Gasteiger partial charge in [0.15, 0.2) is 0 Å². The number of nitrogens with zero attached hydrogens (tertiary/aromatic N) is 2. The first-order chi connectivity index (χ1) is 15.4. The van der Waals surface area contributed by atoms with E-state index in [2.05, 4.69) is 0 Å². The van der Waals surface area contributed by atoms with Gasteiger partial charge >= 0.3 is 0 Å². The summed E-state index contributed by atoms with van der Waals surface area (Å²) >= 11 is 0. The van der Waals surface area contributed by atoms with Crippen LogP contribution in [-0.2, 0) is 20.0 Å². The van der Waals surface area contributed by atoms with Crippen LogP contribution >= 0.6 is 0 Å². The van der Waals surface area contributed by atoms with Crippen molar-refractivity contribution >= 4 is 20.0 Å². The summed E-state index contributed by atoms with van der Waals surface area (Å²) in [6.07, 6.45) is 2.12. The number of aryl methyl sites for hydroxylation is 5. The summed E-state index contributed by atoms with van der Waals surface area (Å²) in [7, 11) is -7.15. The maximum atomic E-state index is 13.5. The number of hydrogen-bond acceptors (Lipinski definition) is 4. The maximum Gasteiger partial charge on any atom is 0.243 e. The Balaban J connectivity index is 1.51. The smallest absolute Gasteiger partial charge is 0.207 e. The molecular weight excluding hydrogens is 456 g/mol. The lowest BCUT2D eigenvalue weighted by molar-refractivity contribution is 0.167. The predicted molar refractivity (Wildman–Crippen MR) is 130 cm³/mol. The fourth-order valence-corrected chi connectivity index (χ4v) is 9.25. The number of benzene rings is 2. The number of rotatable bonds is 4. The summed E-state index contributed by atoms with van der Waals surface area (Å²) in [5, 5.41) is 0. The van der Waals surface area contributed by atoms with Crippen LogP contribution in [0.15, 0.2) is 40.1 Å². The minimum Gasteiger partial charge on any atom is -0.207 e. The van der Waals surface area contributed by atoms with Crippen molar-refractivity contribution in [1.29, 1.82) is 0 Å². The van der Waals surface area contributed by atoms with Crippen molar-refractivity contribution in [2.45, 2.75) is 63.7 Å². The zero-order chi connectivity index (χ0) is 24.2. The molecule has 0 aliphatic carbocycles. The predicted octanol–water partition coefficient (Wildman–Crippen LogP) is 4.09. The first-order valence-electron chi connectivity index (χ1n) is 11.5. The molecule has 0 bridgehead atoms. The molecule has 2 aromatic rings. The number of piperidine rings is 1. The Morgan fingerprint density at radius 2 is 1.21 bits per heavy atom. The summed E-state index contributed by atoms with van der Waals surface area (Å²) in [4.78, 5) is 0.791. The SMILES string of the molecule is Cc1cc(C)c(S(=O)(=O)N2CCC3(CCN(S(=O)(=O)c4cc(C)ccc4C)CC3)C2)c(C)c1.